The van der Waals surface area contributed by atoms with E-state index in [1.165, 1.54) is 45.4 Å². The molecule has 10 N–H and O–H groups in total. The molecule has 0 aliphatic heterocycles. The predicted molar refractivity (Wildman–Crippen MR) is 185 cm³/mol. The first-order valence-electron chi connectivity index (χ1n) is 12.6. The maximum absolute atomic E-state index is 5.36. The van der Waals surface area contributed by atoms with Gasteiger partial charge in [-0.3, -0.25) is 16.0 Å². The van der Waals surface area contributed by atoms with Gasteiger partial charge in [-0.15, -0.1) is 0 Å². The van der Waals surface area contributed by atoms with Crippen LogP contribution in [0.25, 0.3) is 0 Å². The molecule has 0 aromatic heterocycles. The molecule has 0 saturated heterocycles. The van der Waals surface area contributed by atoms with E-state index >= 15 is 0 Å². The van der Waals surface area contributed by atoms with Crippen molar-refractivity contribution in [1.82, 2.24) is 0 Å². The Kier molecular flexibility index (Phi) is 19.6. The third-order valence-electron chi connectivity index (χ3n) is 6.02. The Morgan fingerprint density at radius 2 is 0.667 bits per heavy atom. The van der Waals surface area contributed by atoms with Gasteiger partial charge in [0.25, 0.3) is 0 Å². The van der Waals surface area contributed by atoms with E-state index in [9.17, 15) is 0 Å². The number of hydrogen-bond donors (Lipinski definition) is 5. The minimum Gasteiger partial charge on any atom is -0.399 e. The SMILES string of the molecule is C.C[NH2+]c1ccc([NH2+]c2ccc([NH2+]c3ccc([NH2+]c4ccc(C)cc4)cc3)cc2)cc1.Nc1ccccc1.[CH3-].[CH3-].[CH3-].[CH3-]. The fourth-order valence-corrected chi connectivity index (χ4v) is 3.85. The van der Waals surface area contributed by atoms with Crippen LogP contribution in [0, 0.1) is 36.6 Å². The summed E-state index contributed by atoms with van der Waals surface area (Å²) in [6.45, 7) is 2.11. The zero-order valence-corrected chi connectivity index (χ0v) is 25.5. The van der Waals surface area contributed by atoms with Crippen LogP contribution in [0.2, 0.25) is 0 Å². The van der Waals surface area contributed by atoms with Crippen molar-refractivity contribution in [1.29, 1.82) is 0 Å². The van der Waals surface area contributed by atoms with Crippen LogP contribution in [0.5, 0.6) is 0 Å². The van der Waals surface area contributed by atoms with Gasteiger partial charge in [0.2, 0.25) is 0 Å². The van der Waals surface area contributed by atoms with Gasteiger partial charge in [0, 0.05) is 78.5 Å². The van der Waals surface area contributed by atoms with Crippen molar-refractivity contribution >= 4 is 45.5 Å². The van der Waals surface area contributed by atoms with Crippen LogP contribution in [0.3, 0.4) is 0 Å². The van der Waals surface area contributed by atoms with Crippen molar-refractivity contribution in [3.63, 3.8) is 0 Å². The Bertz CT molecular complexity index is 1350. The topological polar surface area (TPSA) is 92.5 Å². The van der Waals surface area contributed by atoms with Gasteiger partial charge in [-0.05, 0) is 31.2 Å². The number of aryl methyl sites for hydroxylation is 1. The van der Waals surface area contributed by atoms with Crippen LogP contribution in [0.4, 0.5) is 45.5 Å². The lowest BCUT2D eigenvalue weighted by Gasteiger charge is -2.04. The van der Waals surface area contributed by atoms with Gasteiger partial charge in [-0.1, -0.05) is 43.3 Å². The van der Waals surface area contributed by atoms with E-state index in [4.69, 9.17) is 5.73 Å². The van der Waals surface area contributed by atoms with Crippen molar-refractivity contribution in [3.05, 3.63) is 163 Å². The third kappa shape index (κ3) is 12.9. The van der Waals surface area contributed by atoms with Gasteiger partial charge in [0.1, 0.15) is 39.8 Å². The minimum absolute atomic E-state index is 0. The number of quaternary nitrogens is 4. The second-order valence-electron chi connectivity index (χ2n) is 9.04. The Morgan fingerprint density at radius 3 is 0.905 bits per heavy atom. The maximum Gasteiger partial charge on any atom is 0.135 e. The molecule has 0 bridgehead atoms. The van der Waals surface area contributed by atoms with Gasteiger partial charge in [-0.25, -0.2) is 0 Å². The van der Waals surface area contributed by atoms with Crippen LogP contribution >= 0.6 is 0 Å². The van der Waals surface area contributed by atoms with Crippen molar-refractivity contribution in [2.24, 2.45) is 0 Å². The summed E-state index contributed by atoms with van der Waals surface area (Å²) in [4.78, 5) is 0. The number of nitrogen functional groups attached to an aromatic ring is 1. The standard InChI is InChI=1S/C26H26N4.C6H7N.CH4.4CH3/c1-19-3-5-21(6-4-19)28-23-11-13-25(14-12-23)30-26-17-15-24(16-18-26)29-22-9-7-20(27-2)8-10-22;7-6-4-2-1-3-5-6;;;;;/h3-18,27-30H,1-2H3;1-5H,7H2;1H4;4*1H3/q;;;4*-1/p+4. The zero-order chi connectivity index (χ0) is 25.9. The summed E-state index contributed by atoms with van der Waals surface area (Å²) in [6.07, 6.45) is 0. The molecule has 0 amide bonds. The molecule has 0 radical (unpaired) electrons. The van der Waals surface area contributed by atoms with Crippen LogP contribution in [0.1, 0.15) is 13.0 Å². The Morgan fingerprint density at radius 1 is 0.405 bits per heavy atom. The monoisotopic (exact) mass is 567 g/mol. The van der Waals surface area contributed by atoms with E-state index < -0.39 is 0 Å². The second-order valence-corrected chi connectivity index (χ2v) is 9.04. The number of hydrogen-bond acceptors (Lipinski definition) is 1. The van der Waals surface area contributed by atoms with Crippen molar-refractivity contribution in [2.45, 2.75) is 14.4 Å². The van der Waals surface area contributed by atoms with E-state index in [2.05, 4.69) is 132 Å². The molecule has 0 aliphatic carbocycles. The summed E-state index contributed by atoms with van der Waals surface area (Å²) in [5.41, 5.74) is 16.0. The largest absolute Gasteiger partial charge is 0.399 e. The summed E-state index contributed by atoms with van der Waals surface area (Å²) in [5.74, 6) is 0. The first-order valence-corrected chi connectivity index (χ1v) is 12.6. The summed E-state index contributed by atoms with van der Waals surface area (Å²) in [5, 5.41) is 8.74. The molecular formula is C37H53N5. The smallest absolute Gasteiger partial charge is 0.135 e. The van der Waals surface area contributed by atoms with Crippen LogP contribution < -0.4 is 27.0 Å². The Balaban J connectivity index is 0. The lowest BCUT2D eigenvalue weighted by atomic mass is 10.2. The Labute approximate surface area is 256 Å². The van der Waals surface area contributed by atoms with Crippen molar-refractivity contribution in [3.8, 4) is 0 Å². The van der Waals surface area contributed by atoms with Gasteiger partial charge in [0.05, 0.1) is 7.05 Å². The fourth-order valence-electron chi connectivity index (χ4n) is 3.85. The van der Waals surface area contributed by atoms with Crippen LogP contribution in [0.15, 0.2) is 127 Å². The number of anilines is 1. The molecule has 5 aromatic carbocycles. The lowest BCUT2D eigenvalue weighted by molar-refractivity contribution is -0.539. The highest BCUT2D eigenvalue weighted by atomic mass is 14.9. The number of para-hydroxylation sites is 1. The van der Waals surface area contributed by atoms with Gasteiger partial charge in [-0.2, -0.15) is 0 Å². The molecular weight excluding hydrogens is 514 g/mol. The summed E-state index contributed by atoms with van der Waals surface area (Å²) < 4.78 is 0. The summed E-state index contributed by atoms with van der Waals surface area (Å²) >= 11 is 0. The van der Waals surface area contributed by atoms with E-state index in [0.29, 0.717) is 0 Å². The van der Waals surface area contributed by atoms with E-state index in [1.807, 2.05) is 30.3 Å². The first kappa shape index (κ1) is 39.9. The minimum atomic E-state index is 0. The summed E-state index contributed by atoms with van der Waals surface area (Å²) in [7, 11) is 2.06. The van der Waals surface area contributed by atoms with E-state index in [0.717, 1.165) is 5.69 Å². The molecule has 0 saturated carbocycles. The number of rotatable bonds is 7. The maximum atomic E-state index is 5.36. The second kappa shape index (κ2) is 20.6. The summed E-state index contributed by atoms with van der Waals surface area (Å²) in [6, 6.07) is 44.1. The van der Waals surface area contributed by atoms with Crippen LogP contribution in [-0.4, -0.2) is 7.05 Å². The molecule has 5 aromatic rings. The molecule has 0 unspecified atom stereocenters. The third-order valence-corrected chi connectivity index (χ3v) is 6.02. The zero-order valence-electron chi connectivity index (χ0n) is 25.5. The van der Waals surface area contributed by atoms with E-state index in [1.54, 1.807) is 0 Å². The highest BCUT2D eigenvalue weighted by molar-refractivity contribution is 5.47. The molecule has 0 fully saturated rings. The first-order chi connectivity index (χ1) is 18.1. The normalized spacial score (nSPS) is 9.19. The molecule has 0 aliphatic rings. The van der Waals surface area contributed by atoms with Gasteiger partial charge < -0.3 is 40.8 Å². The average Bonchev–Trinajstić information content (AvgIpc) is 2.93. The molecule has 0 heterocycles. The highest BCUT2D eigenvalue weighted by Gasteiger charge is 2.06. The lowest BCUT2D eigenvalue weighted by Crippen LogP contribution is -2.73. The van der Waals surface area contributed by atoms with E-state index in [-0.39, 0.29) is 37.1 Å². The average molecular weight is 568 g/mol. The molecule has 0 spiro atoms. The molecule has 5 rings (SSSR count). The highest BCUT2D eigenvalue weighted by Crippen LogP contribution is 2.13. The molecule has 226 valence electrons. The van der Waals surface area contributed by atoms with Crippen LogP contribution in [-0.2, 0) is 0 Å². The predicted octanol–water partition coefficient (Wildman–Crippen LogP) is 6.11. The fraction of sp³-hybridized carbons (Fsp3) is 0.0811. The van der Waals surface area contributed by atoms with Gasteiger partial charge >= 0.3 is 0 Å². The Hall–Kier alpha value is -4.26. The molecule has 0 atom stereocenters. The van der Waals surface area contributed by atoms with Crippen molar-refractivity contribution < 1.29 is 21.3 Å². The molecule has 5 heteroatoms. The van der Waals surface area contributed by atoms with Gasteiger partial charge in [0.15, 0.2) is 0 Å². The number of nitrogens with two attached hydrogens (primary N) is 5. The number of benzene rings is 5. The molecule has 42 heavy (non-hydrogen) atoms. The van der Waals surface area contributed by atoms with Crippen molar-refractivity contribution in [2.75, 3.05) is 12.8 Å². The molecule has 5 nitrogen and oxygen atoms in total. The quantitative estimate of drug-likeness (QED) is 0.119.